The van der Waals surface area contributed by atoms with Gasteiger partial charge in [0.05, 0.1) is 11.5 Å². The number of nitro groups is 1. The number of aliphatic carboxylic acids is 1. The average molecular weight is 337 g/mol. The second-order valence-corrected chi connectivity index (χ2v) is 5.82. The molecular weight excluding hydrogens is 318 g/mol. The Balaban J connectivity index is 2.01. The Morgan fingerprint density at radius 3 is 2.46 bits per heavy atom. The van der Waals surface area contributed by atoms with Gasteiger partial charge >= 0.3 is 5.97 Å². The largest absolute Gasteiger partial charge is 0.479 e. The molecule has 9 nitrogen and oxygen atoms in total. The van der Waals surface area contributed by atoms with E-state index in [0.717, 1.165) is 0 Å². The van der Waals surface area contributed by atoms with Crippen molar-refractivity contribution < 1.29 is 24.7 Å². The number of piperidine rings is 1. The topological polar surface area (TPSA) is 124 Å². The van der Waals surface area contributed by atoms with Gasteiger partial charge in [-0.05, 0) is 6.07 Å². The summed E-state index contributed by atoms with van der Waals surface area (Å²) in [7, 11) is 1.58. The van der Waals surface area contributed by atoms with Crippen LogP contribution in [0.15, 0.2) is 24.3 Å². The quantitative estimate of drug-likeness (QED) is 0.591. The van der Waals surface area contributed by atoms with Gasteiger partial charge in [-0.1, -0.05) is 12.1 Å². The first kappa shape index (κ1) is 17.7. The van der Waals surface area contributed by atoms with Crippen molar-refractivity contribution in [3.05, 3.63) is 34.4 Å². The fraction of sp³-hybridized carbons (Fsp3) is 0.467. The first-order valence-corrected chi connectivity index (χ1v) is 7.43. The number of hydrogen-bond acceptors (Lipinski definition) is 6. The number of likely N-dealkylation sites (N-methyl/N-ethyl adjacent to an activating group) is 1. The number of amides is 1. The van der Waals surface area contributed by atoms with E-state index in [1.54, 1.807) is 25.2 Å². The van der Waals surface area contributed by atoms with Crippen molar-refractivity contribution >= 4 is 23.3 Å². The molecule has 0 radical (unpaired) electrons. The van der Waals surface area contributed by atoms with E-state index in [0.29, 0.717) is 5.69 Å². The van der Waals surface area contributed by atoms with Crippen LogP contribution < -0.4 is 4.90 Å². The van der Waals surface area contributed by atoms with Crippen molar-refractivity contribution in [1.29, 1.82) is 0 Å². The Morgan fingerprint density at radius 2 is 1.92 bits per heavy atom. The number of carboxylic acid groups (broad SMARTS) is 1. The molecular formula is C15H19N3O6. The van der Waals surface area contributed by atoms with Crippen LogP contribution in [0.3, 0.4) is 0 Å². The van der Waals surface area contributed by atoms with Crippen LogP contribution in [-0.4, -0.2) is 64.2 Å². The summed E-state index contributed by atoms with van der Waals surface area (Å²) in [6.45, 7) is 0.190. The minimum atomic E-state index is -1.79. The summed E-state index contributed by atoms with van der Waals surface area (Å²) in [6, 6.07) is 6.13. The number of nitrogens with zero attached hydrogens (tertiary/aromatic N) is 3. The van der Waals surface area contributed by atoms with E-state index in [9.17, 15) is 24.8 Å². The summed E-state index contributed by atoms with van der Waals surface area (Å²) in [5.74, 6) is -1.56. The van der Waals surface area contributed by atoms with Crippen LogP contribution in [0.2, 0.25) is 0 Å². The van der Waals surface area contributed by atoms with E-state index in [1.165, 1.54) is 15.9 Å². The minimum Gasteiger partial charge on any atom is -0.479 e. The molecule has 1 saturated heterocycles. The van der Waals surface area contributed by atoms with E-state index in [4.69, 9.17) is 5.11 Å². The highest BCUT2D eigenvalue weighted by molar-refractivity contribution is 5.83. The maximum atomic E-state index is 12.3. The first-order valence-electron chi connectivity index (χ1n) is 7.43. The van der Waals surface area contributed by atoms with Gasteiger partial charge in [-0.3, -0.25) is 14.9 Å². The van der Waals surface area contributed by atoms with Gasteiger partial charge in [0.25, 0.3) is 5.69 Å². The summed E-state index contributed by atoms with van der Waals surface area (Å²) in [4.78, 5) is 36.8. The molecule has 0 atom stereocenters. The Kier molecular flexibility index (Phi) is 5.03. The zero-order valence-corrected chi connectivity index (χ0v) is 13.2. The molecule has 24 heavy (non-hydrogen) atoms. The molecule has 1 aliphatic rings. The molecule has 1 aromatic carbocycles. The maximum absolute atomic E-state index is 12.3. The van der Waals surface area contributed by atoms with Crippen molar-refractivity contribution in [2.45, 2.75) is 18.4 Å². The van der Waals surface area contributed by atoms with E-state index in [2.05, 4.69) is 0 Å². The normalized spacial score (nSPS) is 16.5. The summed E-state index contributed by atoms with van der Waals surface area (Å²) in [5.41, 5.74) is -1.55. The summed E-state index contributed by atoms with van der Waals surface area (Å²) in [6.07, 6.45) is -0.0768. The minimum absolute atomic E-state index is 0.0384. The SMILES string of the molecule is CN(CC(=O)N1CCC(O)(C(=O)O)CC1)c1ccccc1[N+](=O)[O-]. The molecule has 2 rings (SSSR count). The predicted octanol–water partition coefficient (Wildman–Crippen LogP) is 0.469. The van der Waals surface area contributed by atoms with Crippen LogP contribution >= 0.6 is 0 Å². The third kappa shape index (κ3) is 3.62. The Hall–Kier alpha value is -2.68. The number of para-hydroxylation sites is 2. The fourth-order valence-corrected chi connectivity index (χ4v) is 2.67. The van der Waals surface area contributed by atoms with Crippen LogP contribution in [0.25, 0.3) is 0 Å². The van der Waals surface area contributed by atoms with Crippen LogP contribution in [0.5, 0.6) is 0 Å². The fourth-order valence-electron chi connectivity index (χ4n) is 2.67. The van der Waals surface area contributed by atoms with Crippen molar-refractivity contribution in [3.63, 3.8) is 0 Å². The monoisotopic (exact) mass is 337 g/mol. The highest BCUT2D eigenvalue weighted by Gasteiger charge is 2.40. The molecule has 0 saturated carbocycles. The number of carboxylic acids is 1. The lowest BCUT2D eigenvalue weighted by molar-refractivity contribution is -0.384. The Labute approximate surface area is 138 Å². The van der Waals surface area contributed by atoms with Gasteiger partial charge < -0.3 is 20.0 Å². The second-order valence-electron chi connectivity index (χ2n) is 5.82. The summed E-state index contributed by atoms with van der Waals surface area (Å²) >= 11 is 0. The molecule has 1 aromatic rings. The number of aliphatic hydroxyl groups is 1. The molecule has 0 unspecified atom stereocenters. The zero-order chi connectivity index (χ0) is 17.9. The highest BCUT2D eigenvalue weighted by atomic mass is 16.6. The van der Waals surface area contributed by atoms with Crippen molar-refractivity contribution in [2.75, 3.05) is 31.6 Å². The van der Waals surface area contributed by atoms with Crippen molar-refractivity contribution in [3.8, 4) is 0 Å². The van der Waals surface area contributed by atoms with Gasteiger partial charge in [-0.15, -0.1) is 0 Å². The van der Waals surface area contributed by atoms with Gasteiger partial charge in [0, 0.05) is 39.0 Å². The van der Waals surface area contributed by atoms with Gasteiger partial charge in [0.1, 0.15) is 5.69 Å². The van der Waals surface area contributed by atoms with E-state index in [1.807, 2.05) is 0 Å². The van der Waals surface area contributed by atoms with Crippen LogP contribution in [0, 0.1) is 10.1 Å². The number of rotatable bonds is 5. The number of nitro benzene ring substituents is 1. The molecule has 2 N–H and O–H groups in total. The van der Waals surface area contributed by atoms with Crippen molar-refractivity contribution in [2.24, 2.45) is 0 Å². The molecule has 1 heterocycles. The van der Waals surface area contributed by atoms with Crippen LogP contribution in [0.1, 0.15) is 12.8 Å². The molecule has 0 aliphatic carbocycles. The average Bonchev–Trinajstić information content (AvgIpc) is 2.55. The number of benzene rings is 1. The number of hydrogen-bond donors (Lipinski definition) is 2. The predicted molar refractivity (Wildman–Crippen MR) is 84.8 cm³/mol. The van der Waals surface area contributed by atoms with E-state index < -0.39 is 16.5 Å². The molecule has 130 valence electrons. The molecule has 1 amide bonds. The van der Waals surface area contributed by atoms with Crippen LogP contribution in [0.4, 0.5) is 11.4 Å². The third-order valence-corrected chi connectivity index (χ3v) is 4.20. The lowest BCUT2D eigenvalue weighted by Crippen LogP contribution is -2.52. The second kappa shape index (κ2) is 6.83. The zero-order valence-electron chi connectivity index (χ0n) is 13.2. The maximum Gasteiger partial charge on any atom is 0.335 e. The van der Waals surface area contributed by atoms with Crippen LogP contribution in [-0.2, 0) is 9.59 Å². The molecule has 0 aromatic heterocycles. The van der Waals surface area contributed by atoms with Gasteiger partial charge in [0.15, 0.2) is 5.60 Å². The third-order valence-electron chi connectivity index (χ3n) is 4.20. The van der Waals surface area contributed by atoms with Gasteiger partial charge in [-0.25, -0.2) is 4.79 Å². The molecule has 1 aliphatic heterocycles. The lowest BCUT2D eigenvalue weighted by atomic mass is 9.91. The number of anilines is 1. The van der Waals surface area contributed by atoms with Crippen molar-refractivity contribution in [1.82, 2.24) is 4.90 Å². The summed E-state index contributed by atoms with van der Waals surface area (Å²) < 4.78 is 0. The standard InChI is InChI=1S/C15H19N3O6/c1-16(11-4-2-3-5-12(11)18(23)24)10-13(19)17-8-6-15(22,7-9-17)14(20)21/h2-5,22H,6-10H2,1H3,(H,20,21). The number of carbonyl (C=O) groups excluding carboxylic acids is 1. The van der Waals surface area contributed by atoms with Gasteiger partial charge in [0.2, 0.25) is 5.91 Å². The number of likely N-dealkylation sites (tertiary alicyclic amines) is 1. The van der Waals surface area contributed by atoms with E-state index >= 15 is 0 Å². The molecule has 0 bridgehead atoms. The lowest BCUT2D eigenvalue weighted by Gasteiger charge is -2.36. The van der Waals surface area contributed by atoms with E-state index in [-0.39, 0.29) is 44.1 Å². The first-order chi connectivity index (χ1) is 11.2. The Bertz CT molecular complexity index is 654. The highest BCUT2D eigenvalue weighted by Crippen LogP contribution is 2.27. The molecule has 0 spiro atoms. The van der Waals surface area contributed by atoms with Gasteiger partial charge in [-0.2, -0.15) is 0 Å². The smallest absolute Gasteiger partial charge is 0.335 e. The summed E-state index contributed by atoms with van der Waals surface area (Å²) in [5, 5.41) is 29.9. The Morgan fingerprint density at radius 1 is 1.33 bits per heavy atom. The number of carbonyl (C=O) groups is 2. The molecule has 1 fully saturated rings. The molecule has 9 heteroatoms.